The summed E-state index contributed by atoms with van der Waals surface area (Å²) in [6.07, 6.45) is 1.80. The van der Waals surface area contributed by atoms with E-state index in [-0.39, 0.29) is 11.9 Å². The zero-order valence-electron chi connectivity index (χ0n) is 20.5. The number of amides is 1. The summed E-state index contributed by atoms with van der Waals surface area (Å²) in [4.78, 5) is 21.1. The van der Waals surface area contributed by atoms with Crippen molar-refractivity contribution in [3.05, 3.63) is 119 Å². The minimum atomic E-state index is -0.251. The Morgan fingerprint density at radius 1 is 0.944 bits per heavy atom. The molecule has 1 atom stereocenters. The minimum absolute atomic E-state index is 0.130. The molecule has 0 aliphatic heterocycles. The minimum Gasteiger partial charge on any atom is -0.495 e. The number of aromatic nitrogens is 2. The Balaban J connectivity index is 1.58. The van der Waals surface area contributed by atoms with Gasteiger partial charge in [-0.15, -0.1) is 0 Å². The number of fused-ring (bicyclic) bond motifs is 1. The van der Waals surface area contributed by atoms with Crippen LogP contribution in [-0.4, -0.2) is 23.0 Å². The first-order chi connectivity index (χ1) is 17.5. The fourth-order valence-corrected chi connectivity index (χ4v) is 4.58. The molecule has 0 spiro atoms. The fourth-order valence-electron chi connectivity index (χ4n) is 4.58. The summed E-state index contributed by atoms with van der Waals surface area (Å²) in [5, 5.41) is 7.72. The van der Waals surface area contributed by atoms with Crippen molar-refractivity contribution in [3.63, 3.8) is 0 Å². The number of aromatic amines is 1. The number of H-pyrrole nitrogens is 1. The number of methoxy groups -OCH3 is 1. The zero-order valence-corrected chi connectivity index (χ0v) is 20.5. The molecule has 0 bridgehead atoms. The number of carbonyl (C=O) groups excluding carboxylic acids is 1. The molecule has 5 aromatic rings. The van der Waals surface area contributed by atoms with Gasteiger partial charge in [0.05, 0.1) is 24.5 Å². The van der Waals surface area contributed by atoms with Crippen molar-refractivity contribution in [3.8, 4) is 5.75 Å². The Hall–Kier alpha value is -4.58. The smallest absolute Gasteiger partial charge is 0.255 e. The average Bonchev–Trinajstić information content (AvgIpc) is 3.23. The molecule has 180 valence electrons. The van der Waals surface area contributed by atoms with Gasteiger partial charge in [-0.2, -0.15) is 0 Å². The Kier molecular flexibility index (Phi) is 6.41. The molecule has 2 heterocycles. The van der Waals surface area contributed by atoms with E-state index in [2.05, 4.69) is 27.5 Å². The number of nitrogens with zero attached hydrogens (tertiary/aromatic N) is 1. The van der Waals surface area contributed by atoms with E-state index < -0.39 is 0 Å². The molecule has 0 fully saturated rings. The monoisotopic (exact) mass is 476 g/mol. The van der Waals surface area contributed by atoms with Crippen LogP contribution in [0.4, 0.5) is 11.4 Å². The van der Waals surface area contributed by atoms with Gasteiger partial charge in [0.25, 0.3) is 5.91 Å². The van der Waals surface area contributed by atoms with E-state index in [0.717, 1.165) is 50.5 Å². The highest BCUT2D eigenvalue weighted by atomic mass is 16.5. The molecule has 0 saturated carbocycles. The Morgan fingerprint density at radius 3 is 2.50 bits per heavy atom. The van der Waals surface area contributed by atoms with Crippen LogP contribution in [-0.2, 0) is 0 Å². The zero-order chi connectivity index (χ0) is 25.1. The van der Waals surface area contributed by atoms with E-state index in [9.17, 15) is 4.79 Å². The Bertz CT molecular complexity index is 1530. The van der Waals surface area contributed by atoms with E-state index in [1.165, 1.54) is 0 Å². The highest BCUT2D eigenvalue weighted by molar-refractivity contribution is 6.06. The predicted molar refractivity (Wildman–Crippen MR) is 145 cm³/mol. The molecule has 0 radical (unpaired) electrons. The van der Waals surface area contributed by atoms with Crippen LogP contribution in [0.25, 0.3) is 10.9 Å². The van der Waals surface area contributed by atoms with E-state index >= 15 is 0 Å². The van der Waals surface area contributed by atoms with Crippen LogP contribution in [0, 0.1) is 13.8 Å². The molecular weight excluding hydrogens is 448 g/mol. The molecule has 1 amide bonds. The number of carbonyl (C=O) groups is 1. The van der Waals surface area contributed by atoms with Gasteiger partial charge >= 0.3 is 0 Å². The first-order valence-electron chi connectivity index (χ1n) is 11.8. The summed E-state index contributed by atoms with van der Waals surface area (Å²) in [5.74, 6) is 0.622. The maximum Gasteiger partial charge on any atom is 0.255 e. The lowest BCUT2D eigenvalue weighted by Gasteiger charge is -2.22. The van der Waals surface area contributed by atoms with Gasteiger partial charge in [0.1, 0.15) is 5.75 Å². The number of benzene rings is 3. The third-order valence-electron chi connectivity index (χ3n) is 6.36. The lowest BCUT2D eigenvalue weighted by molar-refractivity contribution is 0.102. The van der Waals surface area contributed by atoms with Crippen LogP contribution in [0.15, 0.2) is 91.1 Å². The van der Waals surface area contributed by atoms with E-state index in [0.29, 0.717) is 5.56 Å². The molecule has 3 aromatic carbocycles. The Morgan fingerprint density at radius 2 is 1.72 bits per heavy atom. The van der Waals surface area contributed by atoms with Gasteiger partial charge in [0, 0.05) is 39.6 Å². The number of hydrogen-bond acceptors (Lipinski definition) is 4. The van der Waals surface area contributed by atoms with E-state index in [4.69, 9.17) is 4.74 Å². The van der Waals surface area contributed by atoms with E-state index in [1.807, 2.05) is 91.9 Å². The number of pyridine rings is 1. The SMILES string of the molecule is COc1ccccc1NC(c1ccccn1)c1c(C)[nH]c2ccc(NC(=O)c3ccccc3C)cc12. The van der Waals surface area contributed by atoms with Crippen LogP contribution in [0.2, 0.25) is 0 Å². The molecule has 36 heavy (non-hydrogen) atoms. The van der Waals surface area contributed by atoms with Crippen LogP contribution >= 0.6 is 0 Å². The molecule has 6 nitrogen and oxygen atoms in total. The van der Waals surface area contributed by atoms with Gasteiger partial charge in [-0.25, -0.2) is 0 Å². The second-order valence-electron chi connectivity index (χ2n) is 8.73. The molecule has 1 unspecified atom stereocenters. The summed E-state index contributed by atoms with van der Waals surface area (Å²) < 4.78 is 5.59. The molecule has 0 aliphatic carbocycles. The molecule has 5 rings (SSSR count). The average molecular weight is 477 g/mol. The van der Waals surface area contributed by atoms with Gasteiger partial charge in [0.15, 0.2) is 0 Å². The maximum absolute atomic E-state index is 13.0. The van der Waals surface area contributed by atoms with Gasteiger partial charge in [0.2, 0.25) is 0 Å². The molecule has 6 heteroatoms. The van der Waals surface area contributed by atoms with Crippen molar-refractivity contribution in [2.24, 2.45) is 0 Å². The third kappa shape index (κ3) is 4.53. The molecule has 0 saturated heterocycles. The van der Waals surface area contributed by atoms with Gasteiger partial charge in [-0.1, -0.05) is 36.4 Å². The highest BCUT2D eigenvalue weighted by Crippen LogP contribution is 2.37. The van der Waals surface area contributed by atoms with Crippen LogP contribution < -0.4 is 15.4 Å². The molecular formula is C30H28N4O2. The van der Waals surface area contributed by atoms with Crippen LogP contribution in [0.5, 0.6) is 5.75 Å². The predicted octanol–water partition coefficient (Wildman–Crippen LogP) is 6.64. The Labute approximate surface area is 210 Å². The number of hydrogen-bond donors (Lipinski definition) is 3. The van der Waals surface area contributed by atoms with Crippen molar-refractivity contribution >= 4 is 28.2 Å². The first kappa shape index (κ1) is 23.2. The van der Waals surface area contributed by atoms with Crippen molar-refractivity contribution < 1.29 is 9.53 Å². The highest BCUT2D eigenvalue weighted by Gasteiger charge is 2.23. The molecule has 0 aliphatic rings. The summed E-state index contributed by atoms with van der Waals surface area (Å²) in [7, 11) is 1.66. The van der Waals surface area contributed by atoms with Crippen molar-refractivity contribution in [2.45, 2.75) is 19.9 Å². The van der Waals surface area contributed by atoms with Crippen molar-refractivity contribution in [1.29, 1.82) is 0 Å². The third-order valence-corrected chi connectivity index (χ3v) is 6.36. The number of para-hydroxylation sites is 2. The topological polar surface area (TPSA) is 79.0 Å². The first-order valence-corrected chi connectivity index (χ1v) is 11.8. The van der Waals surface area contributed by atoms with Crippen LogP contribution in [0.1, 0.15) is 38.9 Å². The lowest BCUT2D eigenvalue weighted by Crippen LogP contribution is -2.15. The van der Waals surface area contributed by atoms with Crippen LogP contribution in [0.3, 0.4) is 0 Å². The lowest BCUT2D eigenvalue weighted by atomic mass is 9.98. The van der Waals surface area contributed by atoms with E-state index in [1.54, 1.807) is 13.3 Å². The quantitative estimate of drug-likeness (QED) is 0.246. The summed E-state index contributed by atoms with van der Waals surface area (Å²) in [6.45, 7) is 3.99. The molecule has 3 N–H and O–H groups in total. The number of anilines is 2. The number of aryl methyl sites for hydroxylation is 2. The summed E-state index contributed by atoms with van der Waals surface area (Å²) in [6, 6.07) is 27.0. The standard InChI is InChI=1S/C30H28N4O2/c1-19-10-4-5-11-22(19)30(35)33-21-15-16-24-23(18-21)28(20(2)32-24)29(26-13-8-9-17-31-26)34-25-12-6-7-14-27(25)36-3/h4-18,29,32,34H,1-3H3,(H,33,35). The van der Waals surface area contributed by atoms with Crippen molar-refractivity contribution in [2.75, 3.05) is 17.7 Å². The molecule has 2 aromatic heterocycles. The van der Waals surface area contributed by atoms with Crippen molar-refractivity contribution in [1.82, 2.24) is 9.97 Å². The maximum atomic E-state index is 13.0. The fraction of sp³-hybridized carbons (Fsp3) is 0.133. The van der Waals surface area contributed by atoms with Gasteiger partial charge in [-0.3, -0.25) is 9.78 Å². The number of ether oxygens (including phenoxy) is 1. The normalized spacial score (nSPS) is 11.8. The van der Waals surface area contributed by atoms with Gasteiger partial charge < -0.3 is 20.4 Å². The largest absolute Gasteiger partial charge is 0.495 e. The second kappa shape index (κ2) is 9.96. The summed E-state index contributed by atoms with van der Waals surface area (Å²) in [5.41, 5.74) is 7.13. The second-order valence-corrected chi connectivity index (χ2v) is 8.73. The van der Waals surface area contributed by atoms with Gasteiger partial charge in [-0.05, 0) is 67.9 Å². The summed E-state index contributed by atoms with van der Waals surface area (Å²) >= 11 is 0. The number of rotatable bonds is 7. The number of nitrogens with one attached hydrogen (secondary N) is 3.